The third-order valence-corrected chi connectivity index (χ3v) is 6.30. The van der Waals surface area contributed by atoms with Crippen LogP contribution < -0.4 is 15.8 Å². The largest absolute Gasteiger partial charge is 0.410 e. The number of ether oxygens (including phenoxy) is 1. The Morgan fingerprint density at radius 3 is 2.70 bits per heavy atom. The average Bonchev–Trinajstić information content (AvgIpc) is 3.02. The molecule has 0 saturated heterocycles. The van der Waals surface area contributed by atoms with Gasteiger partial charge in [-0.05, 0) is 51.9 Å². The molecule has 1 aliphatic carbocycles. The Kier molecular flexibility index (Phi) is 4.84. The molecule has 142 valence electrons. The zero-order valence-electron chi connectivity index (χ0n) is 15.4. The van der Waals surface area contributed by atoms with Gasteiger partial charge >= 0.3 is 6.09 Å². The lowest BCUT2D eigenvalue weighted by Gasteiger charge is -2.33. The maximum absolute atomic E-state index is 11.3. The molecule has 0 radical (unpaired) electrons. The van der Waals surface area contributed by atoms with Crippen molar-refractivity contribution in [1.29, 1.82) is 0 Å². The van der Waals surface area contributed by atoms with E-state index in [4.69, 9.17) is 10.5 Å². The minimum atomic E-state index is -0.824. The van der Waals surface area contributed by atoms with Crippen LogP contribution >= 0.6 is 11.3 Å². The predicted molar refractivity (Wildman–Crippen MR) is 108 cm³/mol. The van der Waals surface area contributed by atoms with Gasteiger partial charge in [0.05, 0.1) is 5.39 Å². The van der Waals surface area contributed by atoms with Crippen LogP contribution in [-0.2, 0) is 0 Å². The summed E-state index contributed by atoms with van der Waals surface area (Å²) in [7, 11) is 4.29. The van der Waals surface area contributed by atoms with Gasteiger partial charge in [-0.25, -0.2) is 14.8 Å². The molecule has 0 bridgehead atoms. The van der Waals surface area contributed by atoms with Gasteiger partial charge in [0.2, 0.25) is 0 Å². The normalized spacial score (nSPS) is 20.3. The molecule has 1 aliphatic rings. The van der Waals surface area contributed by atoms with E-state index in [1.807, 2.05) is 12.1 Å². The highest BCUT2D eigenvalue weighted by Crippen LogP contribution is 2.41. The van der Waals surface area contributed by atoms with Crippen LogP contribution in [0.4, 0.5) is 10.6 Å². The number of benzene rings is 1. The molecule has 8 heteroatoms. The standard InChI is InChI=1S/C19H23N5O2S/c1-24(2)12-8-6-11(7-9-12)23-17-16-15-13(26-19(20)25)4-3-5-14(15)27-18(16)22-10-21-17/h3-5,10-12H,6-9H2,1-2H3,(H2,20,25)(H,21,22,23)/t11-,12-. The first kappa shape index (κ1) is 17.9. The summed E-state index contributed by atoms with van der Waals surface area (Å²) in [6.45, 7) is 0. The van der Waals surface area contributed by atoms with Crippen LogP contribution in [0.3, 0.4) is 0 Å². The Morgan fingerprint density at radius 2 is 2.00 bits per heavy atom. The van der Waals surface area contributed by atoms with Gasteiger partial charge in [0.1, 0.15) is 22.7 Å². The van der Waals surface area contributed by atoms with Crippen molar-refractivity contribution in [1.82, 2.24) is 14.9 Å². The monoisotopic (exact) mass is 385 g/mol. The maximum atomic E-state index is 11.3. The van der Waals surface area contributed by atoms with Crippen LogP contribution in [-0.4, -0.2) is 47.1 Å². The lowest BCUT2D eigenvalue weighted by atomic mass is 9.90. The lowest BCUT2D eigenvalue weighted by Crippen LogP contribution is -2.36. The van der Waals surface area contributed by atoms with Gasteiger partial charge in [0.15, 0.2) is 0 Å². The summed E-state index contributed by atoms with van der Waals surface area (Å²) in [6.07, 6.45) is 5.29. The molecule has 3 aromatic rings. The van der Waals surface area contributed by atoms with Crippen LogP contribution in [0.1, 0.15) is 25.7 Å². The van der Waals surface area contributed by atoms with Crippen LogP contribution in [0.25, 0.3) is 20.3 Å². The quantitative estimate of drug-likeness (QED) is 0.713. The minimum Gasteiger partial charge on any atom is -0.410 e. The van der Waals surface area contributed by atoms with E-state index in [1.165, 1.54) is 12.8 Å². The smallest absolute Gasteiger partial charge is 0.409 e. The Hall–Kier alpha value is -2.45. The molecule has 2 aromatic heterocycles. The zero-order chi connectivity index (χ0) is 19.0. The van der Waals surface area contributed by atoms with Crippen LogP contribution in [0.5, 0.6) is 5.75 Å². The zero-order valence-corrected chi connectivity index (χ0v) is 16.3. The number of carbonyl (C=O) groups excluding carboxylic acids is 1. The molecule has 1 amide bonds. The second kappa shape index (κ2) is 7.28. The molecular formula is C19H23N5O2S. The summed E-state index contributed by atoms with van der Waals surface area (Å²) in [5, 5.41) is 5.33. The second-order valence-corrected chi connectivity index (χ2v) is 8.20. The van der Waals surface area contributed by atoms with Crippen LogP contribution in [0.2, 0.25) is 0 Å². The number of aromatic nitrogens is 2. The first-order valence-corrected chi connectivity index (χ1v) is 9.91. The van der Waals surface area contributed by atoms with Crippen LogP contribution in [0, 0.1) is 0 Å². The number of nitrogens with zero attached hydrogens (tertiary/aromatic N) is 3. The molecule has 4 rings (SSSR count). The Morgan fingerprint density at radius 1 is 1.22 bits per heavy atom. The van der Waals surface area contributed by atoms with Crippen molar-refractivity contribution in [2.24, 2.45) is 5.73 Å². The number of thiophene rings is 1. The predicted octanol–water partition coefficient (Wildman–Crippen LogP) is 3.59. The highest BCUT2D eigenvalue weighted by molar-refractivity contribution is 7.25. The number of anilines is 1. The third kappa shape index (κ3) is 3.54. The van der Waals surface area contributed by atoms with Gasteiger partial charge in [-0.3, -0.25) is 0 Å². The lowest BCUT2D eigenvalue weighted by molar-refractivity contribution is 0.211. The number of amides is 1. The maximum Gasteiger partial charge on any atom is 0.409 e. The minimum absolute atomic E-state index is 0.374. The summed E-state index contributed by atoms with van der Waals surface area (Å²) in [6, 6.07) is 6.60. The van der Waals surface area contributed by atoms with Crippen molar-refractivity contribution in [3.63, 3.8) is 0 Å². The Labute approximate surface area is 161 Å². The van der Waals surface area contributed by atoms with Crippen LogP contribution in [0.15, 0.2) is 24.5 Å². The molecule has 1 fully saturated rings. The molecule has 27 heavy (non-hydrogen) atoms. The molecule has 7 nitrogen and oxygen atoms in total. The molecule has 0 spiro atoms. The van der Waals surface area contributed by atoms with E-state index in [0.717, 1.165) is 39.0 Å². The van der Waals surface area contributed by atoms with Crippen molar-refractivity contribution in [3.05, 3.63) is 24.5 Å². The number of nitrogens with two attached hydrogens (primary N) is 1. The number of nitrogens with one attached hydrogen (secondary N) is 1. The van der Waals surface area contributed by atoms with E-state index >= 15 is 0 Å². The number of carbonyl (C=O) groups is 1. The van der Waals surface area contributed by atoms with Crippen molar-refractivity contribution in [3.8, 4) is 5.75 Å². The van der Waals surface area contributed by atoms with E-state index < -0.39 is 6.09 Å². The molecular weight excluding hydrogens is 362 g/mol. The molecule has 3 N–H and O–H groups in total. The second-order valence-electron chi connectivity index (χ2n) is 7.17. The highest BCUT2D eigenvalue weighted by Gasteiger charge is 2.24. The molecule has 1 saturated carbocycles. The summed E-state index contributed by atoms with van der Waals surface area (Å²) >= 11 is 1.55. The fraction of sp³-hybridized carbons (Fsp3) is 0.421. The first-order chi connectivity index (χ1) is 13.0. The van der Waals surface area contributed by atoms with Crippen molar-refractivity contribution >= 4 is 43.6 Å². The van der Waals surface area contributed by atoms with Gasteiger partial charge in [0, 0.05) is 22.2 Å². The third-order valence-electron chi connectivity index (χ3n) is 5.24. The van der Waals surface area contributed by atoms with Crippen molar-refractivity contribution in [2.45, 2.75) is 37.8 Å². The van der Waals surface area contributed by atoms with E-state index in [2.05, 4.69) is 34.3 Å². The van der Waals surface area contributed by atoms with Gasteiger partial charge in [-0.1, -0.05) is 6.07 Å². The fourth-order valence-electron chi connectivity index (χ4n) is 3.85. The van der Waals surface area contributed by atoms with Gasteiger partial charge in [-0.15, -0.1) is 11.3 Å². The number of rotatable bonds is 4. The van der Waals surface area contributed by atoms with Crippen molar-refractivity contribution in [2.75, 3.05) is 19.4 Å². The van der Waals surface area contributed by atoms with Crippen molar-refractivity contribution < 1.29 is 9.53 Å². The summed E-state index contributed by atoms with van der Waals surface area (Å²) in [5.74, 6) is 1.24. The number of primary amides is 1. The highest BCUT2D eigenvalue weighted by atomic mass is 32.1. The number of fused-ring (bicyclic) bond motifs is 3. The Balaban J connectivity index is 1.70. The van der Waals surface area contributed by atoms with Gasteiger partial charge < -0.3 is 20.7 Å². The summed E-state index contributed by atoms with van der Waals surface area (Å²) in [5.41, 5.74) is 5.24. The topological polar surface area (TPSA) is 93.4 Å². The van der Waals surface area contributed by atoms with E-state index in [-0.39, 0.29) is 0 Å². The molecule has 2 heterocycles. The summed E-state index contributed by atoms with van der Waals surface area (Å²) < 4.78 is 6.23. The molecule has 0 aliphatic heterocycles. The van der Waals surface area contributed by atoms with Gasteiger partial charge in [0.25, 0.3) is 0 Å². The van der Waals surface area contributed by atoms with E-state index in [9.17, 15) is 4.79 Å². The summed E-state index contributed by atoms with van der Waals surface area (Å²) in [4.78, 5) is 23.4. The van der Waals surface area contributed by atoms with E-state index in [0.29, 0.717) is 17.8 Å². The average molecular weight is 385 g/mol. The molecule has 1 aromatic carbocycles. The number of hydrogen-bond donors (Lipinski definition) is 2. The number of hydrogen-bond acceptors (Lipinski definition) is 7. The SMILES string of the molecule is CN(C)[C@H]1CC[C@H](Nc2ncnc3sc4cccc(OC(N)=O)c4c23)CC1. The Bertz CT molecular complexity index is 979. The van der Waals surface area contributed by atoms with E-state index in [1.54, 1.807) is 23.7 Å². The molecule has 0 unspecified atom stereocenters. The fourth-order valence-corrected chi connectivity index (χ4v) is 4.91. The first-order valence-electron chi connectivity index (χ1n) is 9.09. The molecule has 0 atom stereocenters. The van der Waals surface area contributed by atoms with Gasteiger partial charge in [-0.2, -0.15) is 0 Å².